The Morgan fingerprint density at radius 2 is 2.12 bits per heavy atom. The van der Waals surface area contributed by atoms with E-state index in [1.807, 2.05) is 32.2 Å². The largest absolute Gasteiger partial charge is 0.507 e. The molecule has 1 aliphatic carbocycles. The van der Waals surface area contributed by atoms with E-state index in [0.29, 0.717) is 5.75 Å². The van der Waals surface area contributed by atoms with E-state index in [0.717, 1.165) is 34.9 Å². The number of rotatable bonds is 2. The number of aryl methyl sites for hydroxylation is 1. The summed E-state index contributed by atoms with van der Waals surface area (Å²) in [6, 6.07) is 4.15. The highest BCUT2D eigenvalue weighted by molar-refractivity contribution is 5.90. The standard InChI is InChI=1S/C14H18N2O/c1-8-7-16-11-4-3-10(13(17)12(8)11)14(5-6-14)9(2)15/h3-4,7,9,16-17H,5-6,15H2,1-2H3. The summed E-state index contributed by atoms with van der Waals surface area (Å²) in [6.45, 7) is 4.04. The molecule has 0 bridgehead atoms. The summed E-state index contributed by atoms with van der Waals surface area (Å²) < 4.78 is 0. The molecular formula is C14H18N2O. The number of benzene rings is 1. The minimum absolute atomic E-state index is 0.00197. The van der Waals surface area contributed by atoms with Crippen molar-refractivity contribution in [3.8, 4) is 5.75 Å². The Bertz CT molecular complexity index is 579. The summed E-state index contributed by atoms with van der Waals surface area (Å²) in [5, 5.41) is 11.4. The topological polar surface area (TPSA) is 62.0 Å². The molecule has 1 atom stereocenters. The monoisotopic (exact) mass is 230 g/mol. The number of nitrogens with one attached hydrogen (secondary N) is 1. The highest BCUT2D eigenvalue weighted by atomic mass is 16.3. The first kappa shape index (κ1) is 10.7. The Hall–Kier alpha value is -1.48. The minimum atomic E-state index is 0.00197. The predicted octanol–water partition coefficient (Wildman–Crippen LogP) is 2.56. The molecule has 1 unspecified atom stereocenters. The molecule has 0 radical (unpaired) electrons. The van der Waals surface area contributed by atoms with Gasteiger partial charge in [-0.25, -0.2) is 0 Å². The van der Waals surface area contributed by atoms with E-state index in [2.05, 4.69) is 4.98 Å². The third-order valence-corrected chi connectivity index (χ3v) is 4.21. The van der Waals surface area contributed by atoms with Crippen LogP contribution in [0.25, 0.3) is 10.9 Å². The molecule has 2 aromatic rings. The third kappa shape index (κ3) is 1.32. The molecule has 1 aliphatic rings. The van der Waals surface area contributed by atoms with Gasteiger partial charge in [0.1, 0.15) is 5.75 Å². The number of aromatic hydroxyl groups is 1. The van der Waals surface area contributed by atoms with Crippen molar-refractivity contribution in [1.29, 1.82) is 0 Å². The number of fused-ring (bicyclic) bond motifs is 1. The van der Waals surface area contributed by atoms with Gasteiger partial charge < -0.3 is 15.8 Å². The summed E-state index contributed by atoms with van der Waals surface area (Å²) >= 11 is 0. The highest BCUT2D eigenvalue weighted by Crippen LogP contribution is 2.54. The van der Waals surface area contributed by atoms with Gasteiger partial charge in [-0.2, -0.15) is 0 Å². The lowest BCUT2D eigenvalue weighted by atomic mass is 9.87. The molecule has 4 N–H and O–H groups in total. The van der Waals surface area contributed by atoms with Gasteiger partial charge in [-0.1, -0.05) is 6.07 Å². The molecule has 0 spiro atoms. The van der Waals surface area contributed by atoms with Crippen LogP contribution in [0.3, 0.4) is 0 Å². The summed E-state index contributed by atoms with van der Waals surface area (Å²) in [5.74, 6) is 0.413. The first-order valence-corrected chi connectivity index (χ1v) is 6.12. The quantitative estimate of drug-likeness (QED) is 0.742. The van der Waals surface area contributed by atoms with E-state index in [1.165, 1.54) is 0 Å². The minimum Gasteiger partial charge on any atom is -0.507 e. The van der Waals surface area contributed by atoms with E-state index in [1.54, 1.807) is 0 Å². The maximum atomic E-state index is 10.5. The Morgan fingerprint density at radius 3 is 2.71 bits per heavy atom. The molecule has 3 nitrogen and oxygen atoms in total. The van der Waals surface area contributed by atoms with Crippen LogP contribution < -0.4 is 5.73 Å². The van der Waals surface area contributed by atoms with Crippen molar-refractivity contribution < 1.29 is 5.11 Å². The summed E-state index contributed by atoms with van der Waals surface area (Å²) in [6.07, 6.45) is 4.08. The first-order valence-electron chi connectivity index (χ1n) is 6.12. The van der Waals surface area contributed by atoms with Crippen LogP contribution in [0.1, 0.15) is 30.9 Å². The molecule has 1 aromatic carbocycles. The van der Waals surface area contributed by atoms with Crippen LogP contribution in [-0.4, -0.2) is 16.1 Å². The molecule has 1 heterocycles. The highest BCUT2D eigenvalue weighted by Gasteiger charge is 2.49. The fourth-order valence-corrected chi connectivity index (χ4v) is 2.88. The van der Waals surface area contributed by atoms with Gasteiger partial charge in [0.15, 0.2) is 0 Å². The molecule has 1 fully saturated rings. The van der Waals surface area contributed by atoms with E-state index in [4.69, 9.17) is 5.73 Å². The molecular weight excluding hydrogens is 212 g/mol. The zero-order valence-corrected chi connectivity index (χ0v) is 10.2. The van der Waals surface area contributed by atoms with Gasteiger partial charge in [0.2, 0.25) is 0 Å². The molecule has 17 heavy (non-hydrogen) atoms. The van der Waals surface area contributed by atoms with Crippen LogP contribution in [0.4, 0.5) is 0 Å². The third-order valence-electron chi connectivity index (χ3n) is 4.21. The van der Waals surface area contributed by atoms with Crippen LogP contribution in [0.15, 0.2) is 18.3 Å². The fourth-order valence-electron chi connectivity index (χ4n) is 2.88. The second-order valence-electron chi connectivity index (χ2n) is 5.30. The number of hydrogen-bond acceptors (Lipinski definition) is 2. The van der Waals surface area contributed by atoms with Crippen molar-refractivity contribution >= 4 is 10.9 Å². The molecule has 90 valence electrons. The molecule has 0 amide bonds. The number of aromatic nitrogens is 1. The second kappa shape index (κ2) is 3.26. The molecule has 1 aromatic heterocycles. The maximum Gasteiger partial charge on any atom is 0.129 e. The zero-order valence-electron chi connectivity index (χ0n) is 10.2. The lowest BCUT2D eigenvalue weighted by molar-refractivity contribution is 0.452. The fraction of sp³-hybridized carbons (Fsp3) is 0.429. The van der Waals surface area contributed by atoms with Crippen molar-refractivity contribution in [3.05, 3.63) is 29.5 Å². The number of aromatic amines is 1. The van der Waals surface area contributed by atoms with Crippen molar-refractivity contribution in [2.45, 2.75) is 38.1 Å². The number of phenolic OH excluding ortho intramolecular Hbond substituents is 1. The van der Waals surface area contributed by atoms with Crippen LogP contribution in [0.2, 0.25) is 0 Å². The Kier molecular flexibility index (Phi) is 2.05. The van der Waals surface area contributed by atoms with Crippen molar-refractivity contribution in [3.63, 3.8) is 0 Å². The van der Waals surface area contributed by atoms with Gasteiger partial charge in [-0.3, -0.25) is 0 Å². The van der Waals surface area contributed by atoms with Crippen LogP contribution in [0.5, 0.6) is 5.75 Å². The van der Waals surface area contributed by atoms with Crippen molar-refractivity contribution in [2.75, 3.05) is 0 Å². The van der Waals surface area contributed by atoms with Crippen LogP contribution in [0, 0.1) is 6.92 Å². The van der Waals surface area contributed by atoms with Gasteiger partial charge in [0, 0.05) is 34.1 Å². The van der Waals surface area contributed by atoms with Gasteiger partial charge in [0.05, 0.1) is 0 Å². The Labute approximate surface area is 101 Å². The maximum absolute atomic E-state index is 10.5. The lowest BCUT2D eigenvalue weighted by Crippen LogP contribution is -2.31. The van der Waals surface area contributed by atoms with E-state index >= 15 is 0 Å². The van der Waals surface area contributed by atoms with Gasteiger partial charge >= 0.3 is 0 Å². The molecule has 0 aliphatic heterocycles. The smallest absolute Gasteiger partial charge is 0.129 e. The first-order chi connectivity index (χ1) is 8.06. The average molecular weight is 230 g/mol. The number of nitrogens with two attached hydrogens (primary N) is 1. The Balaban J connectivity index is 2.25. The number of phenols is 1. The average Bonchev–Trinajstić information content (AvgIpc) is 3.00. The Morgan fingerprint density at radius 1 is 1.41 bits per heavy atom. The summed E-state index contributed by atoms with van der Waals surface area (Å²) in [4.78, 5) is 3.17. The number of H-pyrrole nitrogens is 1. The van der Waals surface area contributed by atoms with E-state index in [9.17, 15) is 5.11 Å². The summed E-state index contributed by atoms with van der Waals surface area (Å²) in [7, 11) is 0. The second-order valence-corrected chi connectivity index (χ2v) is 5.30. The molecule has 3 heteroatoms. The van der Waals surface area contributed by atoms with Crippen molar-refractivity contribution in [1.82, 2.24) is 4.98 Å². The van der Waals surface area contributed by atoms with Gasteiger partial charge in [0.25, 0.3) is 0 Å². The SMILES string of the molecule is Cc1c[nH]c2ccc(C3(C(C)N)CC3)c(O)c12. The van der Waals surface area contributed by atoms with E-state index in [-0.39, 0.29) is 11.5 Å². The van der Waals surface area contributed by atoms with Gasteiger partial charge in [-0.15, -0.1) is 0 Å². The van der Waals surface area contributed by atoms with Crippen molar-refractivity contribution in [2.24, 2.45) is 5.73 Å². The normalized spacial score (nSPS) is 19.5. The van der Waals surface area contributed by atoms with Crippen LogP contribution >= 0.6 is 0 Å². The molecule has 0 saturated heterocycles. The molecule has 1 saturated carbocycles. The molecule has 3 rings (SSSR count). The lowest BCUT2D eigenvalue weighted by Gasteiger charge is -2.21. The van der Waals surface area contributed by atoms with Crippen LogP contribution in [-0.2, 0) is 5.41 Å². The van der Waals surface area contributed by atoms with Gasteiger partial charge in [-0.05, 0) is 38.3 Å². The zero-order chi connectivity index (χ0) is 12.2. The number of hydrogen-bond donors (Lipinski definition) is 3. The predicted molar refractivity (Wildman–Crippen MR) is 69.3 cm³/mol. The summed E-state index contributed by atoms with van der Waals surface area (Å²) in [5.41, 5.74) is 9.16. The van der Waals surface area contributed by atoms with E-state index < -0.39 is 0 Å².